The van der Waals surface area contributed by atoms with Crippen molar-refractivity contribution in [2.45, 2.75) is 19.8 Å². The lowest BCUT2D eigenvalue weighted by atomic mass is 10.2. The van der Waals surface area contributed by atoms with Gasteiger partial charge in [-0.25, -0.2) is 4.98 Å². The molecule has 2 amide bonds. The third kappa shape index (κ3) is 8.18. The van der Waals surface area contributed by atoms with Crippen molar-refractivity contribution in [2.75, 3.05) is 25.5 Å². The van der Waals surface area contributed by atoms with Crippen LogP contribution in [0.4, 0.5) is 19.0 Å². The molecule has 0 radical (unpaired) electrons. The van der Waals surface area contributed by atoms with E-state index in [-0.39, 0.29) is 36.9 Å². The molecule has 0 atom stereocenters. The van der Waals surface area contributed by atoms with Gasteiger partial charge in [0.25, 0.3) is 0 Å². The molecular weight excluding hydrogens is 389 g/mol. The number of halogens is 3. The van der Waals surface area contributed by atoms with Crippen LogP contribution >= 0.6 is 0 Å². The van der Waals surface area contributed by atoms with Crippen LogP contribution in [0.5, 0.6) is 5.75 Å². The van der Waals surface area contributed by atoms with Crippen molar-refractivity contribution in [1.29, 1.82) is 0 Å². The number of pyridine rings is 1. The number of nitrogens with one attached hydrogen (secondary N) is 2. The number of hydrogen-bond donors (Lipinski definition) is 2. The fraction of sp³-hybridized carbons (Fsp3) is 0.316. The number of ether oxygens (including phenoxy) is 1. The van der Waals surface area contributed by atoms with E-state index < -0.39 is 12.3 Å². The highest BCUT2D eigenvalue weighted by atomic mass is 19.4. The first-order valence-corrected chi connectivity index (χ1v) is 8.65. The molecule has 156 valence electrons. The van der Waals surface area contributed by atoms with E-state index >= 15 is 0 Å². The summed E-state index contributed by atoms with van der Waals surface area (Å²) in [5.74, 6) is -0.758. The fourth-order valence-corrected chi connectivity index (χ4v) is 2.47. The molecule has 1 heterocycles. The number of aromatic nitrogens is 1. The predicted molar refractivity (Wildman–Crippen MR) is 100 cm³/mol. The third-order valence-corrected chi connectivity index (χ3v) is 3.66. The van der Waals surface area contributed by atoms with Crippen molar-refractivity contribution >= 4 is 17.6 Å². The van der Waals surface area contributed by atoms with Gasteiger partial charge in [0.1, 0.15) is 11.6 Å². The lowest BCUT2D eigenvalue weighted by Gasteiger charge is -2.17. The Morgan fingerprint density at radius 3 is 2.45 bits per heavy atom. The van der Waals surface area contributed by atoms with Crippen molar-refractivity contribution < 1.29 is 27.5 Å². The monoisotopic (exact) mass is 410 g/mol. The van der Waals surface area contributed by atoms with Gasteiger partial charge in [-0.2, -0.15) is 0 Å². The van der Waals surface area contributed by atoms with Gasteiger partial charge in [0.2, 0.25) is 11.8 Å². The molecule has 0 saturated heterocycles. The third-order valence-electron chi connectivity index (χ3n) is 3.66. The van der Waals surface area contributed by atoms with Crippen LogP contribution in [0.3, 0.4) is 0 Å². The van der Waals surface area contributed by atoms with Gasteiger partial charge in [-0.1, -0.05) is 24.3 Å². The van der Waals surface area contributed by atoms with Crippen LogP contribution in [0.15, 0.2) is 42.5 Å². The second kappa shape index (κ2) is 9.87. The van der Waals surface area contributed by atoms with Crippen molar-refractivity contribution in [3.8, 4) is 5.75 Å². The minimum atomic E-state index is -4.82. The highest BCUT2D eigenvalue weighted by Crippen LogP contribution is 2.26. The maximum absolute atomic E-state index is 12.4. The number of para-hydroxylation sites is 1. The first-order valence-electron chi connectivity index (χ1n) is 8.65. The number of rotatable bonds is 8. The molecule has 0 saturated carbocycles. The topological polar surface area (TPSA) is 83.6 Å². The fourth-order valence-electron chi connectivity index (χ4n) is 2.47. The molecule has 2 aromatic rings. The Bertz CT molecular complexity index is 859. The van der Waals surface area contributed by atoms with Crippen molar-refractivity contribution in [1.82, 2.24) is 15.2 Å². The number of hydrogen-bond acceptors (Lipinski definition) is 5. The zero-order valence-electron chi connectivity index (χ0n) is 15.9. The molecule has 0 aliphatic rings. The van der Waals surface area contributed by atoms with Crippen LogP contribution in [-0.4, -0.2) is 48.2 Å². The molecule has 0 aliphatic carbocycles. The van der Waals surface area contributed by atoms with Crippen LogP contribution in [0.25, 0.3) is 0 Å². The molecule has 0 bridgehead atoms. The number of benzene rings is 1. The van der Waals surface area contributed by atoms with E-state index in [0.29, 0.717) is 5.82 Å². The average Bonchev–Trinajstić information content (AvgIpc) is 2.59. The van der Waals surface area contributed by atoms with Gasteiger partial charge in [0, 0.05) is 17.8 Å². The van der Waals surface area contributed by atoms with Crippen LogP contribution in [0.1, 0.15) is 11.3 Å². The number of alkyl halides is 3. The zero-order chi connectivity index (χ0) is 21.4. The SMILES string of the molecule is Cc1cccc(NC(=O)CN(C)CC(=O)NCc2ccccc2OC(F)(F)F)n1. The van der Waals surface area contributed by atoms with E-state index in [1.807, 2.05) is 0 Å². The molecule has 10 heteroatoms. The summed E-state index contributed by atoms with van der Waals surface area (Å²) in [6.45, 7) is 1.48. The summed E-state index contributed by atoms with van der Waals surface area (Å²) in [5.41, 5.74) is 0.939. The lowest BCUT2D eigenvalue weighted by Crippen LogP contribution is -2.38. The van der Waals surface area contributed by atoms with E-state index in [0.717, 1.165) is 5.69 Å². The smallest absolute Gasteiger partial charge is 0.405 e. The second-order valence-corrected chi connectivity index (χ2v) is 6.32. The molecule has 1 aromatic carbocycles. The number of likely N-dealkylation sites (N-methyl/N-ethyl adjacent to an activating group) is 1. The van der Waals surface area contributed by atoms with E-state index in [1.165, 1.54) is 23.1 Å². The molecule has 29 heavy (non-hydrogen) atoms. The molecule has 7 nitrogen and oxygen atoms in total. The Hall–Kier alpha value is -3.14. The Morgan fingerprint density at radius 2 is 1.76 bits per heavy atom. The molecule has 0 fully saturated rings. The second-order valence-electron chi connectivity index (χ2n) is 6.32. The van der Waals surface area contributed by atoms with Crippen LogP contribution in [0.2, 0.25) is 0 Å². The van der Waals surface area contributed by atoms with E-state index in [4.69, 9.17) is 0 Å². The van der Waals surface area contributed by atoms with Crippen LogP contribution in [-0.2, 0) is 16.1 Å². The minimum absolute atomic E-state index is 0.0587. The van der Waals surface area contributed by atoms with Crippen LogP contribution < -0.4 is 15.4 Å². The number of carbonyl (C=O) groups excluding carboxylic acids is 2. The Morgan fingerprint density at radius 1 is 1.07 bits per heavy atom. The Kier molecular flexibility index (Phi) is 7.54. The zero-order valence-corrected chi connectivity index (χ0v) is 15.9. The summed E-state index contributed by atoms with van der Waals surface area (Å²) in [6, 6.07) is 10.7. The van der Waals surface area contributed by atoms with Gasteiger partial charge in [-0.15, -0.1) is 13.2 Å². The highest BCUT2D eigenvalue weighted by Gasteiger charge is 2.32. The van der Waals surface area contributed by atoms with Gasteiger partial charge in [-0.3, -0.25) is 14.5 Å². The van der Waals surface area contributed by atoms with Gasteiger partial charge >= 0.3 is 6.36 Å². The quantitative estimate of drug-likeness (QED) is 0.699. The Labute approximate surface area is 165 Å². The first kappa shape index (κ1) is 22.2. The number of carbonyl (C=O) groups is 2. The number of aryl methyl sites for hydroxylation is 1. The lowest BCUT2D eigenvalue weighted by molar-refractivity contribution is -0.274. The molecule has 2 rings (SSSR count). The van der Waals surface area contributed by atoms with Gasteiger partial charge in [-0.05, 0) is 32.2 Å². The van der Waals surface area contributed by atoms with Gasteiger partial charge in [0.05, 0.1) is 13.1 Å². The summed E-state index contributed by atoms with van der Waals surface area (Å²) in [6.07, 6.45) is -4.82. The van der Waals surface area contributed by atoms with E-state index in [1.54, 1.807) is 38.2 Å². The highest BCUT2D eigenvalue weighted by molar-refractivity contribution is 5.91. The van der Waals surface area contributed by atoms with E-state index in [2.05, 4.69) is 20.4 Å². The summed E-state index contributed by atoms with van der Waals surface area (Å²) >= 11 is 0. The summed E-state index contributed by atoms with van der Waals surface area (Å²) in [7, 11) is 1.57. The maximum Gasteiger partial charge on any atom is 0.573 e. The average molecular weight is 410 g/mol. The van der Waals surface area contributed by atoms with Crippen LogP contribution in [0, 0.1) is 6.92 Å². The predicted octanol–water partition coefficient (Wildman–Crippen LogP) is 2.48. The standard InChI is InChI=1S/C19H21F3N4O3/c1-13-6-5-9-16(24-13)25-18(28)12-26(2)11-17(27)23-10-14-7-3-4-8-15(14)29-19(20,21)22/h3-9H,10-12H2,1-2H3,(H,23,27)(H,24,25,28). The summed E-state index contributed by atoms with van der Waals surface area (Å²) in [5, 5.41) is 5.14. The van der Waals surface area contributed by atoms with Gasteiger partial charge in [0.15, 0.2) is 0 Å². The van der Waals surface area contributed by atoms with Gasteiger partial charge < -0.3 is 15.4 Å². The minimum Gasteiger partial charge on any atom is -0.405 e. The molecule has 0 unspecified atom stereocenters. The molecule has 2 N–H and O–H groups in total. The molecule has 0 aliphatic heterocycles. The van der Waals surface area contributed by atoms with Crippen molar-refractivity contribution in [3.63, 3.8) is 0 Å². The summed E-state index contributed by atoms with van der Waals surface area (Å²) < 4.78 is 41.2. The Balaban J connectivity index is 1.81. The number of amides is 2. The number of nitrogens with zero attached hydrogens (tertiary/aromatic N) is 2. The molecular formula is C19H21F3N4O3. The summed E-state index contributed by atoms with van der Waals surface area (Å²) in [4.78, 5) is 29.7. The number of anilines is 1. The normalized spacial score (nSPS) is 11.2. The molecule has 0 spiro atoms. The van der Waals surface area contributed by atoms with Crippen molar-refractivity contribution in [3.05, 3.63) is 53.7 Å². The van der Waals surface area contributed by atoms with E-state index in [9.17, 15) is 22.8 Å². The first-order chi connectivity index (χ1) is 13.6. The largest absolute Gasteiger partial charge is 0.573 e. The molecule has 1 aromatic heterocycles. The van der Waals surface area contributed by atoms with Crippen molar-refractivity contribution in [2.24, 2.45) is 0 Å². The maximum atomic E-state index is 12.4.